The van der Waals surface area contributed by atoms with E-state index in [1.807, 2.05) is 31.8 Å². The molecule has 1 aromatic rings. The van der Waals surface area contributed by atoms with E-state index >= 15 is 0 Å². The van der Waals surface area contributed by atoms with Gasteiger partial charge >= 0.3 is 7.55 Å². The number of rotatable bonds is 1. The lowest BCUT2D eigenvalue weighted by atomic mass is 10.1. The van der Waals surface area contributed by atoms with Crippen molar-refractivity contribution in [2.75, 3.05) is 11.9 Å². The summed E-state index contributed by atoms with van der Waals surface area (Å²) in [5.41, 5.74) is 0. The molecule has 0 saturated heterocycles. The van der Waals surface area contributed by atoms with E-state index in [0.29, 0.717) is 6.01 Å². The average molecular weight is 148 g/mol. The maximum Gasteiger partial charge on any atom is 0.399 e. The van der Waals surface area contributed by atoms with Crippen molar-refractivity contribution in [3.8, 4) is 0 Å². The molecule has 1 aliphatic rings. The lowest BCUT2D eigenvalue weighted by Crippen LogP contribution is -2.26. The van der Waals surface area contributed by atoms with Crippen molar-refractivity contribution in [1.29, 1.82) is 0 Å². The number of hydrogen-bond donors (Lipinski definition) is 0. The molecule has 2 heterocycles. The van der Waals surface area contributed by atoms with Gasteiger partial charge in [-0.05, 0) is 7.05 Å². The molecular weight excluding hydrogens is 141 g/mol. The van der Waals surface area contributed by atoms with E-state index in [9.17, 15) is 0 Å². The zero-order valence-corrected chi connectivity index (χ0v) is 6.14. The molecule has 4 nitrogen and oxygen atoms in total. The molecule has 55 valence electrons. The van der Waals surface area contributed by atoms with Crippen LogP contribution in [-0.2, 0) is 0 Å². The second-order valence-corrected chi connectivity index (χ2v) is 2.30. The Bertz CT molecular complexity index is 259. The highest BCUT2D eigenvalue weighted by atomic mass is 16.4. The van der Waals surface area contributed by atoms with E-state index in [4.69, 9.17) is 4.42 Å². The summed E-state index contributed by atoms with van der Waals surface area (Å²) < 4.78 is 5.07. The van der Waals surface area contributed by atoms with Crippen LogP contribution in [0.15, 0.2) is 29.3 Å². The average Bonchev–Trinajstić information content (AvgIpc) is 2.55. The summed E-state index contributed by atoms with van der Waals surface area (Å²) in [5, 5.41) is 0. The van der Waals surface area contributed by atoms with E-state index in [0.717, 1.165) is 0 Å². The van der Waals surface area contributed by atoms with Crippen LogP contribution in [0, 0.1) is 0 Å². The van der Waals surface area contributed by atoms with Crippen molar-refractivity contribution in [1.82, 2.24) is 9.79 Å². The molecule has 0 spiro atoms. The van der Waals surface area contributed by atoms with Crippen molar-refractivity contribution in [3.63, 3.8) is 0 Å². The maximum absolute atomic E-state index is 5.07. The van der Waals surface area contributed by atoms with Crippen molar-refractivity contribution < 1.29 is 4.42 Å². The van der Waals surface area contributed by atoms with Gasteiger partial charge < -0.3 is 14.0 Å². The molecule has 0 aliphatic carbocycles. The molecule has 0 saturated carbocycles. The highest BCUT2D eigenvalue weighted by molar-refractivity contribution is 6.40. The molecular formula is C6H7BN3O. The molecule has 0 N–H and O–H groups in total. The fraction of sp³-hybridized carbons (Fsp3) is 0.167. The predicted octanol–water partition coefficient (Wildman–Crippen LogP) is 0.432. The van der Waals surface area contributed by atoms with Crippen molar-refractivity contribution in [3.05, 3.63) is 24.9 Å². The Morgan fingerprint density at radius 2 is 2.45 bits per heavy atom. The quantitative estimate of drug-likeness (QED) is 0.540. The lowest BCUT2D eigenvalue weighted by molar-refractivity contribution is 0.568. The van der Waals surface area contributed by atoms with E-state index in [1.54, 1.807) is 17.3 Å². The van der Waals surface area contributed by atoms with Crippen molar-refractivity contribution in [2.24, 2.45) is 0 Å². The molecule has 0 unspecified atom stereocenters. The van der Waals surface area contributed by atoms with E-state index < -0.39 is 0 Å². The second-order valence-electron chi connectivity index (χ2n) is 2.30. The van der Waals surface area contributed by atoms with E-state index in [-0.39, 0.29) is 0 Å². The molecule has 0 atom stereocenters. The zero-order valence-electron chi connectivity index (χ0n) is 6.14. The first-order chi connectivity index (χ1) is 5.36. The summed E-state index contributed by atoms with van der Waals surface area (Å²) in [7, 11) is 3.82. The summed E-state index contributed by atoms with van der Waals surface area (Å²) in [4.78, 5) is 7.71. The SMILES string of the molecule is CN1[B]N(c2ncco2)C=C1. The fourth-order valence-electron chi connectivity index (χ4n) is 0.907. The smallest absolute Gasteiger partial charge is 0.399 e. The predicted molar refractivity (Wildman–Crippen MR) is 41.6 cm³/mol. The van der Waals surface area contributed by atoms with Crippen LogP contribution in [0.25, 0.3) is 0 Å². The topological polar surface area (TPSA) is 32.5 Å². The molecule has 1 radical (unpaired) electrons. The third-order valence-electron chi connectivity index (χ3n) is 1.41. The van der Waals surface area contributed by atoms with Gasteiger partial charge in [0.2, 0.25) is 0 Å². The zero-order chi connectivity index (χ0) is 7.68. The van der Waals surface area contributed by atoms with Gasteiger partial charge in [-0.25, -0.2) is 4.98 Å². The van der Waals surface area contributed by atoms with Gasteiger partial charge in [-0.15, -0.1) is 0 Å². The van der Waals surface area contributed by atoms with Crippen LogP contribution in [-0.4, -0.2) is 24.4 Å². The molecule has 0 aromatic carbocycles. The highest BCUT2D eigenvalue weighted by Gasteiger charge is 2.16. The molecule has 0 amide bonds. The van der Waals surface area contributed by atoms with Gasteiger partial charge in [0.1, 0.15) is 6.26 Å². The second kappa shape index (κ2) is 2.34. The Labute approximate surface area is 65.4 Å². The van der Waals surface area contributed by atoms with Gasteiger partial charge in [-0.2, -0.15) is 0 Å². The summed E-state index contributed by atoms with van der Waals surface area (Å²) in [6, 6.07) is 0.589. The van der Waals surface area contributed by atoms with Gasteiger partial charge in [-0.3, -0.25) is 0 Å². The minimum atomic E-state index is 0.589. The highest BCUT2D eigenvalue weighted by Crippen LogP contribution is 2.13. The van der Waals surface area contributed by atoms with Gasteiger partial charge in [0, 0.05) is 12.4 Å². The first-order valence-corrected chi connectivity index (χ1v) is 3.29. The van der Waals surface area contributed by atoms with Crippen molar-refractivity contribution in [2.45, 2.75) is 0 Å². The molecule has 0 bridgehead atoms. The van der Waals surface area contributed by atoms with Crippen LogP contribution in [0.4, 0.5) is 6.01 Å². The third kappa shape index (κ3) is 1.09. The monoisotopic (exact) mass is 148 g/mol. The largest absolute Gasteiger partial charge is 0.433 e. The molecule has 5 heteroatoms. The van der Waals surface area contributed by atoms with Gasteiger partial charge in [-0.1, -0.05) is 0 Å². The van der Waals surface area contributed by atoms with Crippen LogP contribution < -0.4 is 4.81 Å². The number of nitrogens with zero attached hydrogens (tertiary/aromatic N) is 3. The standard InChI is InChI=1S/C6H7BN3O/c1-9-3-4-10(7-9)6-8-2-5-11-6/h2-5H,1H3. The number of aromatic nitrogens is 1. The number of hydrogen-bond acceptors (Lipinski definition) is 4. The maximum atomic E-state index is 5.07. The van der Waals surface area contributed by atoms with Crippen molar-refractivity contribution >= 4 is 13.6 Å². The van der Waals surface area contributed by atoms with E-state index in [2.05, 4.69) is 4.98 Å². The number of anilines is 1. The Morgan fingerprint density at radius 1 is 1.55 bits per heavy atom. The normalized spacial score (nSPS) is 15.7. The van der Waals surface area contributed by atoms with Gasteiger partial charge in [0.25, 0.3) is 6.01 Å². The van der Waals surface area contributed by atoms with E-state index in [1.165, 1.54) is 0 Å². The summed E-state index contributed by atoms with van der Waals surface area (Å²) >= 11 is 0. The Morgan fingerprint density at radius 3 is 3.00 bits per heavy atom. The molecule has 1 aromatic heterocycles. The van der Waals surface area contributed by atoms with Crippen LogP contribution in [0.1, 0.15) is 0 Å². The Hall–Kier alpha value is -1.39. The molecule has 0 fully saturated rings. The first-order valence-electron chi connectivity index (χ1n) is 3.29. The molecule has 11 heavy (non-hydrogen) atoms. The van der Waals surface area contributed by atoms with Crippen LogP contribution in [0.3, 0.4) is 0 Å². The Balaban J connectivity index is 2.15. The van der Waals surface area contributed by atoms with Crippen LogP contribution in [0.2, 0.25) is 0 Å². The number of oxazole rings is 1. The minimum Gasteiger partial charge on any atom is -0.433 e. The third-order valence-corrected chi connectivity index (χ3v) is 1.41. The van der Waals surface area contributed by atoms with Gasteiger partial charge in [0.05, 0.1) is 6.20 Å². The molecule has 1 aliphatic heterocycles. The lowest BCUT2D eigenvalue weighted by Gasteiger charge is -2.10. The van der Waals surface area contributed by atoms with Gasteiger partial charge in [0.15, 0.2) is 0 Å². The van der Waals surface area contributed by atoms with Crippen LogP contribution >= 0.6 is 0 Å². The molecule has 2 rings (SSSR count). The first kappa shape index (κ1) is 6.33. The fourth-order valence-corrected chi connectivity index (χ4v) is 0.907. The summed E-state index contributed by atoms with van der Waals surface area (Å²) in [5.74, 6) is 0. The Kier molecular flexibility index (Phi) is 1.35. The summed E-state index contributed by atoms with van der Waals surface area (Å²) in [6.45, 7) is 0. The minimum absolute atomic E-state index is 0.589. The summed E-state index contributed by atoms with van der Waals surface area (Å²) in [6.07, 6.45) is 6.97. The van der Waals surface area contributed by atoms with Crippen LogP contribution in [0.5, 0.6) is 0 Å².